The SMILES string of the molecule is O=C(NCc1cc(Cn2cccn2)cs1)[C@H](O)[C@@H](O)C(=O)N1Cc2ccccc2C1. The maximum Gasteiger partial charge on any atom is 0.255 e. The van der Waals surface area contributed by atoms with Gasteiger partial charge in [0.1, 0.15) is 0 Å². The average molecular weight is 426 g/mol. The summed E-state index contributed by atoms with van der Waals surface area (Å²) in [7, 11) is 0. The largest absolute Gasteiger partial charge is 0.380 e. The van der Waals surface area contributed by atoms with Crippen LogP contribution in [0.4, 0.5) is 0 Å². The van der Waals surface area contributed by atoms with Gasteiger partial charge in [0.05, 0.1) is 13.1 Å². The van der Waals surface area contributed by atoms with E-state index in [0.29, 0.717) is 19.6 Å². The first-order valence-electron chi connectivity index (χ1n) is 9.54. The summed E-state index contributed by atoms with van der Waals surface area (Å²) in [6, 6.07) is 11.4. The molecule has 3 heterocycles. The van der Waals surface area contributed by atoms with Crippen LogP contribution in [0.1, 0.15) is 21.6 Å². The Morgan fingerprint density at radius 3 is 2.53 bits per heavy atom. The average Bonchev–Trinajstić information content (AvgIpc) is 3.51. The van der Waals surface area contributed by atoms with Gasteiger partial charge in [0.25, 0.3) is 11.8 Å². The number of benzene rings is 1. The number of hydrogen-bond acceptors (Lipinski definition) is 6. The molecule has 156 valence electrons. The van der Waals surface area contributed by atoms with E-state index < -0.39 is 24.0 Å². The summed E-state index contributed by atoms with van der Waals surface area (Å²) in [6.07, 6.45) is -0.0579. The van der Waals surface area contributed by atoms with E-state index in [0.717, 1.165) is 21.6 Å². The topological polar surface area (TPSA) is 108 Å². The minimum absolute atomic E-state index is 0.204. The molecule has 0 saturated carbocycles. The third-order valence-corrected chi connectivity index (χ3v) is 6.01. The first-order chi connectivity index (χ1) is 14.5. The van der Waals surface area contributed by atoms with Crippen molar-refractivity contribution >= 4 is 23.2 Å². The monoisotopic (exact) mass is 426 g/mol. The van der Waals surface area contributed by atoms with Gasteiger partial charge in [0, 0.05) is 30.4 Å². The first kappa shape index (κ1) is 20.3. The van der Waals surface area contributed by atoms with Crippen molar-refractivity contribution in [3.8, 4) is 0 Å². The number of aromatic nitrogens is 2. The van der Waals surface area contributed by atoms with Crippen molar-refractivity contribution in [1.29, 1.82) is 0 Å². The van der Waals surface area contributed by atoms with Crippen LogP contribution >= 0.6 is 11.3 Å². The van der Waals surface area contributed by atoms with Crippen molar-refractivity contribution in [2.24, 2.45) is 0 Å². The molecule has 1 aliphatic heterocycles. The standard InChI is InChI=1S/C21H22N4O4S/c26-18(19(27)21(29)24-11-15-4-1-2-5-16(15)12-24)20(28)22-9-17-8-14(13-30-17)10-25-7-3-6-23-25/h1-8,13,18-19,26-27H,9-12H2,(H,22,28)/t18-,19-/m1/s1. The molecule has 0 radical (unpaired) electrons. The molecule has 8 nitrogen and oxygen atoms in total. The van der Waals surface area contributed by atoms with Crippen LogP contribution in [-0.4, -0.2) is 48.9 Å². The Bertz CT molecular complexity index is 1010. The van der Waals surface area contributed by atoms with Crippen LogP contribution in [-0.2, 0) is 35.8 Å². The Morgan fingerprint density at radius 1 is 1.13 bits per heavy atom. The van der Waals surface area contributed by atoms with E-state index in [1.54, 1.807) is 10.9 Å². The molecular weight excluding hydrogens is 404 g/mol. The Morgan fingerprint density at radius 2 is 1.87 bits per heavy atom. The van der Waals surface area contributed by atoms with E-state index >= 15 is 0 Å². The van der Waals surface area contributed by atoms with E-state index in [1.165, 1.54) is 16.2 Å². The van der Waals surface area contributed by atoms with Crippen LogP contribution in [0, 0.1) is 0 Å². The molecule has 3 aromatic rings. The predicted octanol–water partition coefficient (Wildman–Crippen LogP) is 0.873. The number of thiophene rings is 1. The van der Waals surface area contributed by atoms with Gasteiger partial charge in [-0.3, -0.25) is 14.3 Å². The minimum atomic E-state index is -1.83. The van der Waals surface area contributed by atoms with Gasteiger partial charge in [-0.05, 0) is 34.2 Å². The maximum atomic E-state index is 12.5. The number of fused-ring (bicyclic) bond motifs is 1. The fourth-order valence-corrected chi connectivity index (χ4v) is 4.24. The van der Waals surface area contributed by atoms with Gasteiger partial charge in [-0.1, -0.05) is 24.3 Å². The van der Waals surface area contributed by atoms with E-state index in [-0.39, 0.29) is 6.54 Å². The number of aliphatic hydroxyl groups excluding tert-OH is 2. The summed E-state index contributed by atoms with van der Waals surface area (Å²) in [6.45, 7) is 1.55. The molecule has 4 rings (SSSR count). The number of rotatable bonds is 7. The Balaban J connectivity index is 1.28. The lowest BCUT2D eigenvalue weighted by molar-refractivity contribution is -0.153. The number of amides is 2. The molecule has 1 aromatic carbocycles. The Hall–Kier alpha value is -3.01. The number of hydrogen-bond donors (Lipinski definition) is 3. The van der Waals surface area contributed by atoms with Crippen LogP contribution in [0.5, 0.6) is 0 Å². The van der Waals surface area contributed by atoms with E-state index in [9.17, 15) is 19.8 Å². The Kier molecular flexibility index (Phi) is 5.93. The number of carbonyl (C=O) groups excluding carboxylic acids is 2. The molecule has 3 N–H and O–H groups in total. The minimum Gasteiger partial charge on any atom is -0.380 e. The van der Waals surface area contributed by atoms with Crippen molar-refractivity contribution in [3.05, 3.63) is 75.7 Å². The molecule has 2 amide bonds. The fraction of sp³-hybridized carbons (Fsp3) is 0.286. The van der Waals surface area contributed by atoms with E-state index in [4.69, 9.17) is 0 Å². The summed E-state index contributed by atoms with van der Waals surface area (Å²) in [5, 5.41) is 29.1. The second-order valence-corrected chi connectivity index (χ2v) is 8.19. The van der Waals surface area contributed by atoms with Crippen molar-refractivity contribution in [2.45, 2.75) is 38.4 Å². The highest BCUT2D eigenvalue weighted by molar-refractivity contribution is 7.10. The van der Waals surface area contributed by atoms with Crippen LogP contribution in [0.3, 0.4) is 0 Å². The van der Waals surface area contributed by atoms with Gasteiger partial charge in [0.2, 0.25) is 0 Å². The van der Waals surface area contributed by atoms with E-state index in [1.807, 2.05) is 48.0 Å². The molecule has 0 unspecified atom stereocenters. The summed E-state index contributed by atoms with van der Waals surface area (Å²) in [5.41, 5.74) is 3.05. The molecule has 2 aromatic heterocycles. The summed E-state index contributed by atoms with van der Waals surface area (Å²) in [4.78, 5) is 27.1. The lowest BCUT2D eigenvalue weighted by Gasteiger charge is -2.22. The zero-order chi connectivity index (χ0) is 21.1. The number of carbonyl (C=O) groups is 2. The number of nitrogens with one attached hydrogen (secondary N) is 1. The van der Waals surface area contributed by atoms with Crippen LogP contribution in [0.15, 0.2) is 54.2 Å². The molecule has 1 aliphatic rings. The fourth-order valence-electron chi connectivity index (χ4n) is 3.42. The van der Waals surface area contributed by atoms with Gasteiger partial charge < -0.3 is 20.4 Å². The van der Waals surface area contributed by atoms with Crippen LogP contribution in [0.25, 0.3) is 0 Å². The highest BCUT2D eigenvalue weighted by atomic mass is 32.1. The molecule has 30 heavy (non-hydrogen) atoms. The second kappa shape index (κ2) is 8.78. The zero-order valence-electron chi connectivity index (χ0n) is 16.1. The molecule has 2 atom stereocenters. The van der Waals surface area contributed by atoms with Crippen LogP contribution in [0.2, 0.25) is 0 Å². The van der Waals surface area contributed by atoms with Gasteiger partial charge >= 0.3 is 0 Å². The van der Waals surface area contributed by atoms with Gasteiger partial charge in [-0.2, -0.15) is 5.10 Å². The lowest BCUT2D eigenvalue weighted by atomic mass is 10.1. The molecule has 0 aliphatic carbocycles. The quantitative estimate of drug-likeness (QED) is 0.520. The molecule has 9 heteroatoms. The summed E-state index contributed by atoms with van der Waals surface area (Å²) < 4.78 is 1.80. The number of nitrogens with zero attached hydrogens (tertiary/aromatic N) is 3. The third-order valence-electron chi connectivity index (χ3n) is 5.02. The number of aliphatic hydroxyl groups is 2. The molecule has 0 fully saturated rings. The molecule has 0 spiro atoms. The van der Waals surface area contributed by atoms with Crippen molar-refractivity contribution in [1.82, 2.24) is 20.0 Å². The van der Waals surface area contributed by atoms with Gasteiger partial charge in [-0.25, -0.2) is 0 Å². The van der Waals surface area contributed by atoms with Crippen molar-refractivity contribution < 1.29 is 19.8 Å². The molecular formula is C21H22N4O4S. The normalized spacial score (nSPS) is 14.9. The lowest BCUT2D eigenvalue weighted by Crippen LogP contribution is -2.49. The van der Waals surface area contributed by atoms with E-state index in [2.05, 4.69) is 10.4 Å². The van der Waals surface area contributed by atoms with Gasteiger partial charge in [-0.15, -0.1) is 11.3 Å². The smallest absolute Gasteiger partial charge is 0.255 e. The molecule has 0 saturated heterocycles. The Labute approximate surface area is 177 Å². The first-order valence-corrected chi connectivity index (χ1v) is 10.4. The van der Waals surface area contributed by atoms with Crippen molar-refractivity contribution in [3.63, 3.8) is 0 Å². The predicted molar refractivity (Wildman–Crippen MR) is 110 cm³/mol. The van der Waals surface area contributed by atoms with Crippen molar-refractivity contribution in [2.75, 3.05) is 0 Å². The highest BCUT2D eigenvalue weighted by Gasteiger charge is 2.35. The van der Waals surface area contributed by atoms with Gasteiger partial charge in [0.15, 0.2) is 12.2 Å². The third kappa shape index (κ3) is 4.43. The maximum absolute atomic E-state index is 12.5. The molecule has 0 bridgehead atoms. The second-order valence-electron chi connectivity index (χ2n) is 7.20. The highest BCUT2D eigenvalue weighted by Crippen LogP contribution is 2.23. The summed E-state index contributed by atoms with van der Waals surface area (Å²) in [5.74, 6) is -1.44. The summed E-state index contributed by atoms with van der Waals surface area (Å²) >= 11 is 1.48. The zero-order valence-corrected chi connectivity index (χ0v) is 17.0. The van der Waals surface area contributed by atoms with Crippen LogP contribution < -0.4 is 5.32 Å².